The van der Waals surface area contributed by atoms with Gasteiger partial charge in [-0.1, -0.05) is 25.1 Å². The van der Waals surface area contributed by atoms with Gasteiger partial charge >= 0.3 is 0 Å². The molecule has 1 aliphatic heterocycles. The van der Waals surface area contributed by atoms with E-state index in [1.54, 1.807) is 0 Å². The van der Waals surface area contributed by atoms with Gasteiger partial charge in [0.15, 0.2) is 0 Å². The first-order chi connectivity index (χ1) is 10.3. The van der Waals surface area contributed by atoms with E-state index in [9.17, 15) is 0 Å². The van der Waals surface area contributed by atoms with Gasteiger partial charge < -0.3 is 4.74 Å². The molecule has 1 aliphatic rings. The van der Waals surface area contributed by atoms with Gasteiger partial charge in [-0.3, -0.25) is 11.3 Å². The molecule has 4 heteroatoms. The van der Waals surface area contributed by atoms with Gasteiger partial charge in [-0.15, -0.1) is 11.3 Å². The fourth-order valence-electron chi connectivity index (χ4n) is 2.91. The minimum Gasteiger partial charge on any atom is -0.493 e. The highest BCUT2D eigenvalue weighted by atomic mass is 32.1. The number of para-hydroxylation sites is 1. The molecule has 21 heavy (non-hydrogen) atoms. The molecule has 3 N–H and O–H groups in total. The summed E-state index contributed by atoms with van der Waals surface area (Å²) < 4.78 is 5.89. The van der Waals surface area contributed by atoms with Crippen LogP contribution < -0.4 is 16.0 Å². The quantitative estimate of drug-likeness (QED) is 0.659. The van der Waals surface area contributed by atoms with Crippen LogP contribution in [0.25, 0.3) is 0 Å². The predicted octanol–water partition coefficient (Wildman–Crippen LogP) is 2.94. The number of aryl methyl sites for hydroxylation is 1. The van der Waals surface area contributed by atoms with E-state index in [1.807, 2.05) is 23.5 Å². The van der Waals surface area contributed by atoms with Crippen LogP contribution in [0.4, 0.5) is 0 Å². The lowest BCUT2D eigenvalue weighted by atomic mass is 9.89. The van der Waals surface area contributed by atoms with E-state index in [1.165, 1.54) is 15.3 Å². The van der Waals surface area contributed by atoms with Crippen LogP contribution >= 0.6 is 11.3 Å². The van der Waals surface area contributed by atoms with Crippen LogP contribution in [0.3, 0.4) is 0 Å². The van der Waals surface area contributed by atoms with Crippen molar-refractivity contribution >= 4 is 11.3 Å². The molecule has 0 radical (unpaired) electrons. The Hall–Kier alpha value is -1.36. The van der Waals surface area contributed by atoms with Crippen LogP contribution in [0.1, 0.15) is 22.2 Å². The molecule has 0 saturated heterocycles. The van der Waals surface area contributed by atoms with Gasteiger partial charge in [0.2, 0.25) is 0 Å². The Kier molecular flexibility index (Phi) is 4.58. The van der Waals surface area contributed by atoms with Gasteiger partial charge in [0.25, 0.3) is 0 Å². The van der Waals surface area contributed by atoms with Crippen molar-refractivity contribution in [2.75, 3.05) is 6.61 Å². The molecule has 3 rings (SSSR count). The maximum absolute atomic E-state index is 5.89. The molecular weight excluding hydrogens is 280 g/mol. The average molecular weight is 302 g/mol. The number of hydrogen-bond acceptors (Lipinski definition) is 4. The number of hydrogen-bond donors (Lipinski definition) is 2. The lowest BCUT2D eigenvalue weighted by molar-refractivity contribution is 0.184. The topological polar surface area (TPSA) is 47.3 Å². The van der Waals surface area contributed by atoms with Crippen molar-refractivity contribution in [3.05, 3.63) is 51.7 Å². The summed E-state index contributed by atoms with van der Waals surface area (Å²) in [5.74, 6) is 7.25. The van der Waals surface area contributed by atoms with Crippen LogP contribution in [0.5, 0.6) is 5.75 Å². The van der Waals surface area contributed by atoms with Crippen LogP contribution in [0.15, 0.2) is 36.4 Å². The molecule has 1 aromatic carbocycles. The molecule has 2 atom stereocenters. The Morgan fingerprint density at radius 3 is 2.86 bits per heavy atom. The molecule has 112 valence electrons. The van der Waals surface area contributed by atoms with Crippen molar-refractivity contribution < 1.29 is 4.74 Å². The van der Waals surface area contributed by atoms with Crippen molar-refractivity contribution in [3.8, 4) is 5.75 Å². The Balaban J connectivity index is 1.69. The zero-order valence-electron chi connectivity index (χ0n) is 12.3. The molecule has 3 nitrogen and oxygen atoms in total. The Morgan fingerprint density at radius 1 is 1.29 bits per heavy atom. The highest BCUT2D eigenvalue weighted by Gasteiger charge is 2.27. The number of hydrazine groups is 1. The first-order valence-corrected chi connectivity index (χ1v) is 8.36. The van der Waals surface area contributed by atoms with E-state index in [2.05, 4.69) is 36.6 Å². The van der Waals surface area contributed by atoms with E-state index >= 15 is 0 Å². The molecule has 0 bridgehead atoms. The lowest BCUT2D eigenvalue weighted by Crippen LogP contribution is -2.46. The maximum Gasteiger partial charge on any atom is 0.122 e. The third kappa shape index (κ3) is 3.28. The van der Waals surface area contributed by atoms with E-state index < -0.39 is 0 Å². The summed E-state index contributed by atoms with van der Waals surface area (Å²) in [6.45, 7) is 2.93. The maximum atomic E-state index is 5.89. The van der Waals surface area contributed by atoms with Crippen molar-refractivity contribution in [2.24, 2.45) is 11.8 Å². The van der Waals surface area contributed by atoms with E-state index in [4.69, 9.17) is 10.6 Å². The number of thiophene rings is 1. The van der Waals surface area contributed by atoms with Crippen molar-refractivity contribution in [3.63, 3.8) is 0 Å². The largest absolute Gasteiger partial charge is 0.493 e. The molecule has 2 unspecified atom stereocenters. The van der Waals surface area contributed by atoms with Crippen molar-refractivity contribution in [1.82, 2.24) is 5.43 Å². The molecule has 0 fully saturated rings. The van der Waals surface area contributed by atoms with Crippen molar-refractivity contribution in [2.45, 2.75) is 32.2 Å². The second kappa shape index (κ2) is 6.60. The third-order valence-corrected chi connectivity index (χ3v) is 5.43. The molecule has 0 aliphatic carbocycles. The smallest absolute Gasteiger partial charge is 0.122 e. The summed E-state index contributed by atoms with van der Waals surface area (Å²) in [5, 5.41) is 0. The first-order valence-electron chi connectivity index (χ1n) is 7.54. The zero-order valence-corrected chi connectivity index (χ0v) is 13.2. The fraction of sp³-hybridized carbons (Fsp3) is 0.412. The summed E-state index contributed by atoms with van der Waals surface area (Å²) in [4.78, 5) is 2.83. The molecule has 0 saturated carbocycles. The highest BCUT2D eigenvalue weighted by molar-refractivity contribution is 7.11. The normalized spacial score (nSPS) is 18.9. The van der Waals surface area contributed by atoms with Crippen LogP contribution in [-0.2, 0) is 19.3 Å². The predicted molar refractivity (Wildman–Crippen MR) is 87.6 cm³/mol. The van der Waals surface area contributed by atoms with Crippen LogP contribution in [0.2, 0.25) is 0 Å². The molecular formula is C17H22N2OS. The number of fused-ring (bicyclic) bond motifs is 1. The van der Waals surface area contributed by atoms with E-state index in [0.717, 1.165) is 31.6 Å². The summed E-state index contributed by atoms with van der Waals surface area (Å²) in [6, 6.07) is 13.0. The standard InChI is InChI=1S/C17H22N2OS/c1-2-14-7-8-15(21-14)10-16(19-18)13-9-12-5-3-4-6-17(12)20-11-13/h3-8,13,16,19H,2,9-11,18H2,1H3. The number of ether oxygens (including phenoxy) is 1. The minimum absolute atomic E-state index is 0.252. The molecule has 2 heterocycles. The monoisotopic (exact) mass is 302 g/mol. The van der Waals surface area contributed by atoms with Crippen LogP contribution in [-0.4, -0.2) is 12.6 Å². The summed E-state index contributed by atoms with van der Waals surface area (Å²) >= 11 is 1.89. The highest BCUT2D eigenvalue weighted by Crippen LogP contribution is 2.29. The summed E-state index contributed by atoms with van der Waals surface area (Å²) in [5.41, 5.74) is 4.29. The van der Waals surface area contributed by atoms with Gasteiger partial charge in [-0.25, -0.2) is 0 Å². The molecule has 2 aromatic rings. The minimum atomic E-state index is 0.252. The molecule has 0 amide bonds. The molecule has 0 spiro atoms. The Bertz CT molecular complexity index is 596. The lowest BCUT2D eigenvalue weighted by Gasteiger charge is -2.31. The second-order valence-electron chi connectivity index (χ2n) is 5.58. The average Bonchev–Trinajstić information content (AvgIpc) is 3.00. The summed E-state index contributed by atoms with van der Waals surface area (Å²) in [6.07, 6.45) is 3.10. The summed E-state index contributed by atoms with van der Waals surface area (Å²) in [7, 11) is 0. The van der Waals surface area contributed by atoms with E-state index in [-0.39, 0.29) is 6.04 Å². The Labute approximate surface area is 130 Å². The number of nitrogens with two attached hydrogens (primary N) is 1. The van der Waals surface area contributed by atoms with Gasteiger partial charge in [-0.2, -0.15) is 0 Å². The third-order valence-electron chi connectivity index (χ3n) is 4.18. The molecule has 1 aromatic heterocycles. The number of benzene rings is 1. The van der Waals surface area contributed by atoms with Gasteiger partial charge in [-0.05, 0) is 43.0 Å². The van der Waals surface area contributed by atoms with Gasteiger partial charge in [0.1, 0.15) is 5.75 Å². The van der Waals surface area contributed by atoms with Gasteiger partial charge in [0, 0.05) is 21.7 Å². The number of nitrogens with one attached hydrogen (secondary N) is 1. The fourth-order valence-corrected chi connectivity index (χ4v) is 3.93. The van der Waals surface area contributed by atoms with Gasteiger partial charge in [0.05, 0.1) is 6.61 Å². The second-order valence-corrected chi connectivity index (χ2v) is 6.83. The number of rotatable bonds is 5. The van der Waals surface area contributed by atoms with Crippen LogP contribution in [0, 0.1) is 5.92 Å². The van der Waals surface area contributed by atoms with E-state index in [0.29, 0.717) is 5.92 Å². The Morgan fingerprint density at radius 2 is 2.10 bits per heavy atom. The van der Waals surface area contributed by atoms with Crippen molar-refractivity contribution in [1.29, 1.82) is 0 Å². The first kappa shape index (κ1) is 14.6. The zero-order chi connectivity index (χ0) is 14.7. The SMILES string of the molecule is CCc1ccc(CC(NN)C2COc3ccccc3C2)s1.